The van der Waals surface area contributed by atoms with Gasteiger partial charge in [-0.05, 0) is 38.9 Å². The van der Waals surface area contributed by atoms with E-state index in [4.69, 9.17) is 65.8 Å². The molecule has 78 heavy (non-hydrogen) atoms. The van der Waals surface area contributed by atoms with Gasteiger partial charge in [-0.25, -0.2) is 37.9 Å². The molecule has 0 saturated carbocycles. The lowest BCUT2D eigenvalue weighted by Crippen LogP contribution is -2.45. The number of H-pyrrole nitrogens is 2. The first kappa shape index (κ1) is 58.0. The number of imidazole rings is 3. The molecule has 0 aliphatic carbocycles. The summed E-state index contributed by atoms with van der Waals surface area (Å²) in [5.74, 6) is -1.37. The molecule has 0 spiro atoms. The number of phosphoric acid groups is 2. The van der Waals surface area contributed by atoms with Gasteiger partial charge >= 0.3 is 35.6 Å². The minimum atomic E-state index is -5.98. The molecule has 6 unspecified atom stereocenters. The van der Waals surface area contributed by atoms with E-state index in [1.54, 1.807) is 21.1 Å². The molecule has 6 aromatic rings. The zero-order valence-corrected chi connectivity index (χ0v) is 45.4. The van der Waals surface area contributed by atoms with Crippen molar-refractivity contribution in [2.24, 2.45) is 13.0 Å². The Balaban J connectivity index is 0.892. The first-order valence-corrected chi connectivity index (χ1v) is 30.1. The number of aromatic amines is 2. The topological polar surface area (TPSA) is 519 Å². The average molecular weight is 1200 g/mol. The molecular weight excluding hydrogens is 1150 g/mol. The highest BCUT2D eigenvalue weighted by molar-refractivity contribution is 8.08. The summed E-state index contributed by atoms with van der Waals surface area (Å²) in [4.78, 5) is 100. The van der Waals surface area contributed by atoms with Crippen molar-refractivity contribution in [3.63, 3.8) is 0 Å². The first-order valence-electron chi connectivity index (χ1n) is 22.9. The van der Waals surface area contributed by atoms with Gasteiger partial charge in [-0.1, -0.05) is 4.98 Å². The third-order valence-corrected chi connectivity index (χ3v) is 19.9. The molecule has 9 rings (SSSR count). The molecule has 42 heteroatoms. The number of nitrogens with one attached hydrogen (secondary N) is 2. The Morgan fingerprint density at radius 3 is 2.12 bits per heavy atom. The summed E-state index contributed by atoms with van der Waals surface area (Å²) in [6.07, 6.45) is -10.2. The monoisotopic (exact) mass is 1200 g/mol. The number of hydrogen-bond donors (Lipinski definition) is 12. The van der Waals surface area contributed by atoms with Gasteiger partial charge in [0, 0.05) is 13.0 Å². The van der Waals surface area contributed by atoms with Crippen molar-refractivity contribution in [2.75, 3.05) is 64.8 Å². The Kier molecular flexibility index (Phi) is 16.3. The van der Waals surface area contributed by atoms with Crippen molar-refractivity contribution < 1.29 is 94.3 Å². The first-order chi connectivity index (χ1) is 36.6. The van der Waals surface area contributed by atoms with E-state index in [1.807, 2.05) is 4.90 Å². The summed E-state index contributed by atoms with van der Waals surface area (Å²) in [5.41, 5.74) is 14.2. The third kappa shape index (κ3) is 11.6. The molecule has 9 heterocycles. The van der Waals surface area contributed by atoms with E-state index in [9.17, 15) is 58.2 Å². The molecule has 3 aliphatic rings. The quantitative estimate of drug-likeness (QED) is 0.0248. The molecule has 0 bridgehead atoms. The van der Waals surface area contributed by atoms with E-state index < -0.39 is 134 Å². The number of rotatable bonds is 21. The van der Waals surface area contributed by atoms with Gasteiger partial charge < -0.3 is 85.0 Å². The number of anilines is 3. The molecule has 6 aromatic heterocycles. The van der Waals surface area contributed by atoms with Crippen LogP contribution in [0.1, 0.15) is 25.1 Å². The van der Waals surface area contributed by atoms with Gasteiger partial charge in [0.1, 0.15) is 54.1 Å². The predicted octanol–water partition coefficient (Wildman–Crippen LogP) is -3.32. The summed E-state index contributed by atoms with van der Waals surface area (Å²) in [5, 5.41) is 33.6. The number of aliphatic hydroxyl groups excluding tert-OH is 3. The minimum absolute atomic E-state index is 0.0248. The number of aliphatic hydroxyl groups is 3. The molecule has 0 radical (unpaired) electrons. The fourth-order valence-corrected chi connectivity index (χ4v) is 15.6. The third-order valence-electron chi connectivity index (χ3n) is 12.8. The number of fused-ring (bicyclic) bond motifs is 3. The van der Waals surface area contributed by atoms with Gasteiger partial charge in [0.05, 0.1) is 45.6 Å². The van der Waals surface area contributed by atoms with E-state index in [2.05, 4.69) is 44.2 Å². The average Bonchev–Trinajstić information content (AvgIpc) is 4.37. The maximum absolute atomic E-state index is 14.5. The summed E-state index contributed by atoms with van der Waals surface area (Å²) in [6, 6.07) is 0. The number of phosphoric ester groups is 1. The van der Waals surface area contributed by atoms with Gasteiger partial charge in [-0.2, -0.15) is 9.29 Å². The maximum atomic E-state index is 14.5. The lowest BCUT2D eigenvalue weighted by atomic mass is 9.94. The van der Waals surface area contributed by atoms with E-state index in [-0.39, 0.29) is 57.6 Å². The molecule has 428 valence electrons. The summed E-state index contributed by atoms with van der Waals surface area (Å²) in [6.45, 7) is -7.42. The van der Waals surface area contributed by atoms with E-state index in [0.717, 1.165) is 24.3 Å². The van der Waals surface area contributed by atoms with Crippen LogP contribution in [0.25, 0.3) is 33.5 Å². The number of aromatic nitrogens is 12. The Labute approximate surface area is 441 Å². The molecule has 0 aromatic carbocycles. The molecule has 3 aliphatic heterocycles. The fourth-order valence-electron chi connectivity index (χ4n) is 9.34. The van der Waals surface area contributed by atoms with Crippen molar-refractivity contribution in [1.29, 1.82) is 0 Å². The highest BCUT2D eigenvalue weighted by Crippen LogP contribution is 2.68. The molecule has 3 saturated heterocycles. The van der Waals surface area contributed by atoms with Crippen molar-refractivity contribution >= 4 is 93.0 Å². The molecule has 37 nitrogen and oxygen atoms in total. The van der Waals surface area contributed by atoms with E-state index >= 15 is 0 Å². The second kappa shape index (κ2) is 22.0. The van der Waals surface area contributed by atoms with Crippen LogP contribution in [0, 0.1) is 5.92 Å². The SMILES string of the molecule is CO[C@H]1[C@H](n2cnc3c(N)ncnc32)OC(COP(=O)(O)OP(=O)(O)OP(O)(=S)OC[C@H]2OC([n+]3cn(C)c4c(=O)[nH]c(N)nc43)[C@H](O)[C@@H]2CCN(C)C)[C@H]1P(=O)(O)OC[C@H]1O[C@@H](n2cnc3c(=O)[nH]c(N)nc32)[C@H](O)[C@@H]1O. The van der Waals surface area contributed by atoms with Crippen molar-refractivity contribution in [3.8, 4) is 0 Å². The molecule has 3 fully saturated rings. The van der Waals surface area contributed by atoms with Gasteiger partial charge in [0.15, 0.2) is 41.4 Å². The summed E-state index contributed by atoms with van der Waals surface area (Å²) >= 11 is 4.98. The van der Waals surface area contributed by atoms with Crippen molar-refractivity contribution in [3.05, 3.63) is 46.0 Å². The lowest BCUT2D eigenvalue weighted by molar-refractivity contribution is -0.745. The number of aryl methyl sites for hydroxylation is 1. The van der Waals surface area contributed by atoms with Crippen LogP contribution in [0.4, 0.5) is 17.7 Å². The van der Waals surface area contributed by atoms with Gasteiger partial charge in [-0.3, -0.25) is 42.3 Å². The minimum Gasteiger partial charge on any atom is -0.387 e. The van der Waals surface area contributed by atoms with Crippen molar-refractivity contribution in [1.82, 2.24) is 58.5 Å². The van der Waals surface area contributed by atoms with E-state index in [1.165, 1.54) is 26.4 Å². The van der Waals surface area contributed by atoms with Crippen LogP contribution in [-0.4, -0.2) is 189 Å². The van der Waals surface area contributed by atoms with Crippen LogP contribution in [0.2, 0.25) is 0 Å². The Morgan fingerprint density at radius 1 is 0.769 bits per heavy atom. The largest absolute Gasteiger partial charge is 0.488 e. The Morgan fingerprint density at radius 2 is 1.41 bits per heavy atom. The zero-order chi connectivity index (χ0) is 56.6. The molecule has 16 atom stereocenters. The summed E-state index contributed by atoms with van der Waals surface area (Å²) < 4.78 is 95.2. The Hall–Kier alpha value is -4.69. The van der Waals surface area contributed by atoms with Crippen LogP contribution in [0.5, 0.6) is 0 Å². The Bertz CT molecular complexity index is 3550. The molecule has 0 amide bonds. The second-order valence-electron chi connectivity index (χ2n) is 18.2. The lowest BCUT2D eigenvalue weighted by Gasteiger charge is -2.28. The van der Waals surface area contributed by atoms with Gasteiger partial charge in [0.2, 0.25) is 17.7 Å². The number of hydrogen-bond acceptors (Lipinski definition) is 28. The highest BCUT2D eigenvalue weighted by Gasteiger charge is 2.58. The van der Waals surface area contributed by atoms with Crippen LogP contribution in [-0.2, 0) is 73.7 Å². The molecule has 15 N–H and O–H groups in total. The predicted molar refractivity (Wildman–Crippen MR) is 265 cm³/mol. The van der Waals surface area contributed by atoms with Crippen LogP contribution in [0.3, 0.4) is 0 Å². The fraction of sp³-hybridized carbons (Fsp3) is 0.583. The normalized spacial score (nSPS) is 29.8. The highest BCUT2D eigenvalue weighted by atomic mass is 32.5. The molecular formula is C36H53N16O21P4S+. The number of nitrogen functional groups attached to an aromatic ring is 3. The van der Waals surface area contributed by atoms with Crippen LogP contribution in [0.15, 0.2) is 34.9 Å². The van der Waals surface area contributed by atoms with Gasteiger partial charge in [0.25, 0.3) is 17.1 Å². The van der Waals surface area contributed by atoms with Crippen LogP contribution >= 0.6 is 30.0 Å². The number of methoxy groups -OCH3 is 1. The number of ether oxygens (including phenoxy) is 4. The van der Waals surface area contributed by atoms with Crippen LogP contribution < -0.4 is 32.9 Å². The second-order valence-corrected chi connectivity index (χ2v) is 26.3. The standard InChI is InChI=1S/C36H52N16O21P4S/c1-48(2)6-5-14-15(69-32(21(14)53)52-13-49(3)20-29(52)45-36(39)47-31(20)57)7-68-77(64,78)73-76(62,63)72-75(60,61)67-9-17-25(24(65-4)34(71-17)50-11-42-18-26(37)40-10-41-27(18)50)74(58,59)66-8-16-22(54)23(55)33(70-16)51-12-43-19-28(51)44-35(38)46-30(19)56/h10-17,21-25,32-34,53-55H,5-9H2,1-4H3,(H11-,37,38,39,40,41,44,45,46,47,56,57,58,59,60,61,62,63,64,78)/p+1/t14-,15-,16-,17?,21-,22-,23-,24-,25-,32?,33-,34-,77?/m1/s1. The van der Waals surface area contributed by atoms with E-state index in [0.29, 0.717) is 6.54 Å². The maximum Gasteiger partial charge on any atom is 0.488 e. The smallest absolute Gasteiger partial charge is 0.387 e. The number of nitrogens with zero attached hydrogens (tertiary/aromatic N) is 11. The van der Waals surface area contributed by atoms with Crippen molar-refractivity contribution in [2.45, 2.75) is 73.5 Å². The summed E-state index contributed by atoms with van der Waals surface area (Å²) in [7, 11) is -10.9. The zero-order valence-electron chi connectivity index (χ0n) is 41.0. The van der Waals surface area contributed by atoms with Gasteiger partial charge in [-0.15, -0.1) is 0 Å². The number of nitrogens with two attached hydrogens (primary N) is 3.